The van der Waals surface area contributed by atoms with Gasteiger partial charge in [-0.3, -0.25) is 14.4 Å². The second kappa shape index (κ2) is 6.54. The number of carbonyl (C=O) groups excluding carboxylic acids is 2. The van der Waals surface area contributed by atoms with Crippen molar-refractivity contribution in [2.75, 3.05) is 19.6 Å². The van der Waals surface area contributed by atoms with E-state index in [0.717, 1.165) is 6.42 Å². The number of hydrogen-bond acceptors (Lipinski definition) is 3. The lowest BCUT2D eigenvalue weighted by molar-refractivity contribution is -0.162. The topological polar surface area (TPSA) is 86.7 Å². The van der Waals surface area contributed by atoms with Crippen molar-refractivity contribution < 1.29 is 19.5 Å². The van der Waals surface area contributed by atoms with Gasteiger partial charge in [0.2, 0.25) is 11.8 Å². The van der Waals surface area contributed by atoms with E-state index < -0.39 is 17.3 Å². The largest absolute Gasteiger partial charge is 0.480 e. The molecule has 0 aliphatic heterocycles. The molecule has 108 valence electrons. The number of carboxylic acid groups (broad SMARTS) is 1. The van der Waals surface area contributed by atoms with E-state index in [1.165, 1.54) is 0 Å². The maximum atomic E-state index is 11.9. The molecule has 2 N–H and O–H groups in total. The summed E-state index contributed by atoms with van der Waals surface area (Å²) in [6.07, 6.45) is 1.75. The zero-order chi connectivity index (χ0) is 14.5. The molecule has 0 atom stereocenters. The third-order valence-corrected chi connectivity index (χ3v) is 3.79. The summed E-state index contributed by atoms with van der Waals surface area (Å²) in [5, 5.41) is 11.7. The Labute approximate surface area is 113 Å². The molecule has 0 radical (unpaired) electrons. The average molecular weight is 270 g/mol. The van der Waals surface area contributed by atoms with Crippen LogP contribution in [0.3, 0.4) is 0 Å². The summed E-state index contributed by atoms with van der Waals surface area (Å²) >= 11 is 0. The van der Waals surface area contributed by atoms with Crippen LogP contribution < -0.4 is 5.32 Å². The summed E-state index contributed by atoms with van der Waals surface area (Å²) in [5.41, 5.74) is -1.25. The molecule has 0 aromatic heterocycles. The zero-order valence-electron chi connectivity index (χ0n) is 11.6. The second-order valence-electron chi connectivity index (χ2n) is 4.81. The van der Waals surface area contributed by atoms with Crippen LogP contribution >= 0.6 is 0 Å². The highest BCUT2D eigenvalue weighted by Crippen LogP contribution is 2.41. The van der Waals surface area contributed by atoms with Crippen LogP contribution in [0.25, 0.3) is 0 Å². The van der Waals surface area contributed by atoms with E-state index >= 15 is 0 Å². The van der Waals surface area contributed by atoms with Crippen molar-refractivity contribution in [1.82, 2.24) is 10.2 Å². The van der Waals surface area contributed by atoms with Gasteiger partial charge in [0.15, 0.2) is 0 Å². The maximum Gasteiger partial charge on any atom is 0.319 e. The maximum absolute atomic E-state index is 11.9. The van der Waals surface area contributed by atoms with Gasteiger partial charge in [0.05, 0.1) is 0 Å². The summed E-state index contributed by atoms with van der Waals surface area (Å²) in [4.78, 5) is 36.4. The van der Waals surface area contributed by atoms with Gasteiger partial charge in [0, 0.05) is 26.1 Å². The number of amides is 2. The Morgan fingerprint density at radius 1 is 1.21 bits per heavy atom. The van der Waals surface area contributed by atoms with E-state index in [4.69, 9.17) is 5.11 Å². The molecule has 0 bridgehead atoms. The Morgan fingerprint density at radius 2 is 1.79 bits per heavy atom. The van der Waals surface area contributed by atoms with Crippen molar-refractivity contribution in [3.8, 4) is 0 Å². The van der Waals surface area contributed by atoms with Gasteiger partial charge in [0.1, 0.15) is 5.41 Å². The molecule has 0 aromatic carbocycles. The van der Waals surface area contributed by atoms with Crippen LogP contribution in [0.15, 0.2) is 0 Å². The van der Waals surface area contributed by atoms with Crippen LogP contribution in [0.4, 0.5) is 0 Å². The van der Waals surface area contributed by atoms with Crippen LogP contribution in [0.2, 0.25) is 0 Å². The molecule has 0 aromatic rings. The Bertz CT molecular complexity index is 360. The van der Waals surface area contributed by atoms with Crippen molar-refractivity contribution >= 4 is 17.8 Å². The summed E-state index contributed by atoms with van der Waals surface area (Å²) < 4.78 is 0. The standard InChI is InChI=1S/C13H22N2O4/c1-3-15(4-2)10(16)6-9-14-11(17)13(12(18)19)7-5-8-13/h3-9H2,1-2H3,(H,14,17)(H,18,19). The van der Waals surface area contributed by atoms with Gasteiger partial charge < -0.3 is 15.3 Å². The number of carboxylic acids is 1. The van der Waals surface area contributed by atoms with Crippen LogP contribution in [-0.2, 0) is 14.4 Å². The third kappa shape index (κ3) is 3.24. The summed E-state index contributed by atoms with van der Waals surface area (Å²) in [6.45, 7) is 5.27. The van der Waals surface area contributed by atoms with Gasteiger partial charge in [-0.1, -0.05) is 6.42 Å². The monoisotopic (exact) mass is 270 g/mol. The fourth-order valence-electron chi connectivity index (χ4n) is 2.25. The Hall–Kier alpha value is -1.59. The lowest BCUT2D eigenvalue weighted by Gasteiger charge is -2.35. The van der Waals surface area contributed by atoms with E-state index in [2.05, 4.69) is 5.32 Å². The van der Waals surface area contributed by atoms with Gasteiger partial charge in [-0.15, -0.1) is 0 Å². The van der Waals surface area contributed by atoms with E-state index in [9.17, 15) is 14.4 Å². The smallest absolute Gasteiger partial charge is 0.319 e. The van der Waals surface area contributed by atoms with Crippen LogP contribution in [0.5, 0.6) is 0 Å². The SMILES string of the molecule is CCN(CC)C(=O)CCNC(=O)C1(C(=O)O)CCC1. The van der Waals surface area contributed by atoms with E-state index in [0.29, 0.717) is 25.9 Å². The molecular formula is C13H22N2O4. The van der Waals surface area contributed by atoms with Crippen LogP contribution in [-0.4, -0.2) is 47.4 Å². The van der Waals surface area contributed by atoms with Gasteiger partial charge in [-0.05, 0) is 26.7 Å². The minimum absolute atomic E-state index is 0.0247. The second-order valence-corrected chi connectivity index (χ2v) is 4.81. The molecule has 1 saturated carbocycles. The van der Waals surface area contributed by atoms with Crippen molar-refractivity contribution in [3.63, 3.8) is 0 Å². The quantitative estimate of drug-likeness (QED) is 0.664. The fraction of sp³-hybridized carbons (Fsp3) is 0.769. The van der Waals surface area contributed by atoms with Gasteiger partial charge in [-0.25, -0.2) is 0 Å². The Kier molecular flexibility index (Phi) is 5.32. The molecule has 1 aliphatic carbocycles. The highest BCUT2D eigenvalue weighted by atomic mass is 16.4. The number of hydrogen-bond donors (Lipinski definition) is 2. The van der Waals surface area contributed by atoms with Gasteiger partial charge in [0.25, 0.3) is 0 Å². The van der Waals surface area contributed by atoms with Crippen molar-refractivity contribution in [2.24, 2.45) is 5.41 Å². The molecule has 6 nitrogen and oxygen atoms in total. The summed E-state index contributed by atoms with van der Waals surface area (Å²) in [6, 6.07) is 0. The first kappa shape index (κ1) is 15.5. The lowest BCUT2D eigenvalue weighted by Crippen LogP contribution is -2.51. The first-order valence-corrected chi connectivity index (χ1v) is 6.77. The number of nitrogens with one attached hydrogen (secondary N) is 1. The number of nitrogens with zero attached hydrogens (tertiary/aromatic N) is 1. The van der Waals surface area contributed by atoms with E-state index in [1.807, 2.05) is 13.8 Å². The van der Waals surface area contributed by atoms with Crippen molar-refractivity contribution in [1.29, 1.82) is 0 Å². The molecule has 1 rings (SSSR count). The van der Waals surface area contributed by atoms with Gasteiger partial charge >= 0.3 is 5.97 Å². The first-order chi connectivity index (χ1) is 8.97. The molecule has 0 spiro atoms. The van der Waals surface area contributed by atoms with Crippen molar-refractivity contribution in [3.05, 3.63) is 0 Å². The molecule has 1 fully saturated rings. The molecule has 19 heavy (non-hydrogen) atoms. The fourth-order valence-corrected chi connectivity index (χ4v) is 2.25. The number of carbonyl (C=O) groups is 3. The minimum Gasteiger partial charge on any atom is -0.480 e. The molecular weight excluding hydrogens is 248 g/mol. The van der Waals surface area contributed by atoms with Crippen LogP contribution in [0.1, 0.15) is 39.5 Å². The van der Waals surface area contributed by atoms with Gasteiger partial charge in [-0.2, -0.15) is 0 Å². The van der Waals surface area contributed by atoms with Crippen LogP contribution in [0, 0.1) is 5.41 Å². The molecule has 0 saturated heterocycles. The van der Waals surface area contributed by atoms with E-state index in [1.54, 1.807) is 4.90 Å². The van der Waals surface area contributed by atoms with E-state index in [-0.39, 0.29) is 18.9 Å². The predicted molar refractivity (Wildman–Crippen MR) is 69.5 cm³/mol. The summed E-state index contributed by atoms with van der Waals surface area (Å²) in [5.74, 6) is -1.55. The minimum atomic E-state index is -1.25. The number of rotatable bonds is 7. The first-order valence-electron chi connectivity index (χ1n) is 6.77. The zero-order valence-corrected chi connectivity index (χ0v) is 11.6. The highest BCUT2D eigenvalue weighted by molar-refractivity contribution is 6.02. The summed E-state index contributed by atoms with van der Waals surface area (Å²) in [7, 11) is 0. The lowest BCUT2D eigenvalue weighted by atomic mass is 9.68. The molecule has 1 aliphatic rings. The van der Waals surface area contributed by atoms with Crippen molar-refractivity contribution in [2.45, 2.75) is 39.5 Å². The Morgan fingerprint density at radius 3 is 2.16 bits per heavy atom. The highest BCUT2D eigenvalue weighted by Gasteiger charge is 2.50. The molecule has 0 heterocycles. The third-order valence-electron chi connectivity index (χ3n) is 3.79. The predicted octanol–water partition coefficient (Wildman–Crippen LogP) is 0.616. The molecule has 0 unspecified atom stereocenters. The number of aliphatic carboxylic acids is 1. The molecule has 6 heteroatoms. The Balaban J connectivity index is 2.39. The normalized spacial score (nSPS) is 16.3. The average Bonchev–Trinajstić information content (AvgIpc) is 2.28. The molecule has 2 amide bonds.